The van der Waals surface area contributed by atoms with E-state index in [9.17, 15) is 18.4 Å². The van der Waals surface area contributed by atoms with E-state index in [1.54, 1.807) is 0 Å². The van der Waals surface area contributed by atoms with Gasteiger partial charge in [-0.3, -0.25) is 10.1 Å². The van der Waals surface area contributed by atoms with E-state index in [1.165, 1.54) is 35.6 Å². The van der Waals surface area contributed by atoms with Crippen LogP contribution < -0.4 is 10.1 Å². The van der Waals surface area contributed by atoms with Gasteiger partial charge in [0.25, 0.3) is 5.91 Å². The molecule has 3 rings (SSSR count). The van der Waals surface area contributed by atoms with Gasteiger partial charge in [0.15, 0.2) is 11.7 Å². The van der Waals surface area contributed by atoms with Crippen molar-refractivity contribution in [3.05, 3.63) is 53.1 Å². The molecule has 0 aliphatic rings. The number of nitrogens with one attached hydrogen (secondary N) is 1. The first-order valence-corrected chi connectivity index (χ1v) is 9.03. The van der Waals surface area contributed by atoms with Gasteiger partial charge < -0.3 is 9.47 Å². The maximum Gasteiger partial charge on any atom is 0.387 e. The number of thiazole rings is 1. The molecular weight excluding hydrogens is 390 g/mol. The number of halogens is 2. The van der Waals surface area contributed by atoms with Crippen molar-refractivity contribution in [2.45, 2.75) is 20.5 Å². The Morgan fingerprint density at radius 2 is 1.96 bits per heavy atom. The molecular formula is C19H16F2N2O4S. The molecule has 0 atom stereocenters. The summed E-state index contributed by atoms with van der Waals surface area (Å²) in [7, 11) is 0. The van der Waals surface area contributed by atoms with Crippen molar-refractivity contribution in [2.75, 3.05) is 11.9 Å². The molecule has 1 aromatic heterocycles. The zero-order chi connectivity index (χ0) is 20.3. The van der Waals surface area contributed by atoms with Gasteiger partial charge in [0.1, 0.15) is 11.3 Å². The van der Waals surface area contributed by atoms with E-state index in [0.29, 0.717) is 5.13 Å². The molecule has 0 aliphatic heterocycles. The minimum absolute atomic E-state index is 0.193. The molecule has 2 aromatic carbocycles. The maximum absolute atomic E-state index is 12.4. The third-order valence-corrected chi connectivity index (χ3v) is 4.65. The van der Waals surface area contributed by atoms with Gasteiger partial charge in [0.05, 0.1) is 10.2 Å². The quantitative estimate of drug-likeness (QED) is 0.617. The van der Waals surface area contributed by atoms with Crippen molar-refractivity contribution < 1.29 is 27.8 Å². The first-order chi connectivity index (χ1) is 13.3. The molecule has 3 aromatic rings. The van der Waals surface area contributed by atoms with Crippen LogP contribution in [0.15, 0.2) is 36.4 Å². The molecule has 6 nitrogen and oxygen atoms in total. The van der Waals surface area contributed by atoms with E-state index < -0.39 is 25.1 Å². The van der Waals surface area contributed by atoms with Crippen LogP contribution in [-0.4, -0.2) is 30.1 Å². The number of aryl methyl sites for hydroxylation is 2. The van der Waals surface area contributed by atoms with Crippen LogP contribution in [0.2, 0.25) is 0 Å². The zero-order valence-electron chi connectivity index (χ0n) is 15.0. The van der Waals surface area contributed by atoms with Crippen LogP contribution in [0.1, 0.15) is 21.5 Å². The summed E-state index contributed by atoms with van der Waals surface area (Å²) in [5.74, 6) is -1.85. The van der Waals surface area contributed by atoms with Crippen LogP contribution in [-0.2, 0) is 9.53 Å². The third kappa shape index (κ3) is 4.61. The molecule has 1 N–H and O–H groups in total. The number of fused-ring (bicyclic) bond motifs is 1. The van der Waals surface area contributed by atoms with Gasteiger partial charge >= 0.3 is 12.6 Å². The summed E-state index contributed by atoms with van der Waals surface area (Å²) in [5.41, 5.74) is 2.68. The Kier molecular flexibility index (Phi) is 5.84. The fraction of sp³-hybridized carbons (Fsp3) is 0.211. The summed E-state index contributed by atoms with van der Waals surface area (Å²) in [6, 6.07) is 9.37. The molecule has 0 saturated heterocycles. The smallest absolute Gasteiger partial charge is 0.387 e. The minimum Gasteiger partial charge on any atom is -0.452 e. The van der Waals surface area contributed by atoms with Crippen molar-refractivity contribution in [2.24, 2.45) is 0 Å². The summed E-state index contributed by atoms with van der Waals surface area (Å²) < 4.78 is 35.0. The number of carbonyl (C=O) groups excluding carboxylic acids is 2. The van der Waals surface area contributed by atoms with Crippen molar-refractivity contribution >= 4 is 38.6 Å². The number of esters is 1. The van der Waals surface area contributed by atoms with Gasteiger partial charge in [-0.25, -0.2) is 9.78 Å². The van der Waals surface area contributed by atoms with E-state index in [1.807, 2.05) is 26.0 Å². The van der Waals surface area contributed by atoms with Crippen LogP contribution >= 0.6 is 11.3 Å². The van der Waals surface area contributed by atoms with E-state index >= 15 is 0 Å². The highest BCUT2D eigenvalue weighted by molar-refractivity contribution is 7.22. The van der Waals surface area contributed by atoms with E-state index in [2.05, 4.69) is 15.0 Å². The lowest BCUT2D eigenvalue weighted by atomic mass is 10.1. The number of benzene rings is 2. The van der Waals surface area contributed by atoms with E-state index in [0.717, 1.165) is 21.3 Å². The second-order valence-electron chi connectivity index (χ2n) is 5.95. The van der Waals surface area contributed by atoms with Crippen LogP contribution in [0, 0.1) is 13.8 Å². The topological polar surface area (TPSA) is 77.5 Å². The molecule has 146 valence electrons. The molecule has 0 saturated carbocycles. The van der Waals surface area contributed by atoms with Crippen molar-refractivity contribution in [1.82, 2.24) is 4.98 Å². The second kappa shape index (κ2) is 8.30. The van der Waals surface area contributed by atoms with Crippen LogP contribution in [0.4, 0.5) is 13.9 Å². The lowest BCUT2D eigenvalue weighted by Gasteiger charge is -2.10. The fourth-order valence-corrected chi connectivity index (χ4v) is 3.68. The van der Waals surface area contributed by atoms with Gasteiger partial charge in [0.2, 0.25) is 0 Å². The van der Waals surface area contributed by atoms with Crippen molar-refractivity contribution in [1.29, 1.82) is 0 Å². The first kappa shape index (κ1) is 19.7. The van der Waals surface area contributed by atoms with E-state index in [-0.39, 0.29) is 11.3 Å². The van der Waals surface area contributed by atoms with E-state index in [4.69, 9.17) is 4.74 Å². The average molecular weight is 406 g/mol. The normalized spacial score (nSPS) is 10.9. The number of alkyl halides is 2. The van der Waals surface area contributed by atoms with Crippen molar-refractivity contribution in [3.63, 3.8) is 0 Å². The molecule has 1 heterocycles. The van der Waals surface area contributed by atoms with Gasteiger partial charge in [0, 0.05) is 0 Å². The lowest BCUT2D eigenvalue weighted by molar-refractivity contribution is -0.119. The number of hydrogen-bond acceptors (Lipinski definition) is 6. The Morgan fingerprint density at radius 1 is 1.21 bits per heavy atom. The summed E-state index contributed by atoms with van der Waals surface area (Å²) in [6.45, 7) is 0.236. The number of hydrogen-bond donors (Lipinski definition) is 1. The molecule has 0 bridgehead atoms. The Hall–Kier alpha value is -3.07. The standard InChI is InChI=1S/C19H16F2N2O4S/c1-10-7-11(2)16-14(8-10)28-19(23-16)22-15(24)9-26-17(25)12-5-3-4-6-13(12)27-18(20)21/h3-8,18H,9H2,1-2H3,(H,22,23,24). The van der Waals surface area contributed by atoms with Gasteiger partial charge in [-0.05, 0) is 43.2 Å². The number of nitrogens with zero attached hydrogens (tertiary/aromatic N) is 1. The Labute approximate surface area is 163 Å². The number of para-hydroxylation sites is 1. The molecule has 0 aliphatic carbocycles. The summed E-state index contributed by atoms with van der Waals surface area (Å²) in [6.07, 6.45) is 0. The SMILES string of the molecule is Cc1cc(C)c2nc(NC(=O)COC(=O)c3ccccc3OC(F)F)sc2c1. The van der Waals surface area contributed by atoms with Gasteiger partial charge in [-0.2, -0.15) is 8.78 Å². The third-order valence-electron chi connectivity index (χ3n) is 3.73. The van der Waals surface area contributed by atoms with Crippen LogP contribution in [0.3, 0.4) is 0 Å². The largest absolute Gasteiger partial charge is 0.452 e. The van der Waals surface area contributed by atoms with Crippen LogP contribution in [0.5, 0.6) is 5.75 Å². The molecule has 0 unspecified atom stereocenters. The average Bonchev–Trinajstić information content (AvgIpc) is 3.02. The Bertz CT molecular complexity index is 1040. The molecule has 0 spiro atoms. The fourth-order valence-electron chi connectivity index (χ4n) is 2.62. The van der Waals surface area contributed by atoms with Gasteiger partial charge in [-0.15, -0.1) is 0 Å². The number of rotatable bonds is 6. The number of aromatic nitrogens is 1. The Morgan fingerprint density at radius 3 is 2.71 bits per heavy atom. The predicted octanol–water partition coefficient (Wildman–Crippen LogP) is 4.31. The lowest BCUT2D eigenvalue weighted by Crippen LogP contribution is -2.21. The van der Waals surface area contributed by atoms with Crippen LogP contribution in [0.25, 0.3) is 10.2 Å². The minimum atomic E-state index is -3.08. The summed E-state index contributed by atoms with van der Waals surface area (Å²) in [4.78, 5) is 28.5. The first-order valence-electron chi connectivity index (χ1n) is 8.22. The monoisotopic (exact) mass is 406 g/mol. The number of amides is 1. The van der Waals surface area contributed by atoms with Crippen molar-refractivity contribution in [3.8, 4) is 5.75 Å². The molecule has 9 heteroatoms. The molecule has 0 fully saturated rings. The Balaban J connectivity index is 1.63. The second-order valence-corrected chi connectivity index (χ2v) is 6.98. The highest BCUT2D eigenvalue weighted by atomic mass is 32.1. The predicted molar refractivity (Wildman–Crippen MR) is 101 cm³/mol. The number of ether oxygens (including phenoxy) is 2. The number of anilines is 1. The van der Waals surface area contributed by atoms with Gasteiger partial charge in [-0.1, -0.05) is 29.5 Å². The molecule has 0 radical (unpaired) electrons. The summed E-state index contributed by atoms with van der Waals surface area (Å²) >= 11 is 1.31. The molecule has 1 amide bonds. The maximum atomic E-state index is 12.4. The number of carbonyl (C=O) groups is 2. The highest BCUT2D eigenvalue weighted by Gasteiger charge is 2.18. The summed E-state index contributed by atoms with van der Waals surface area (Å²) in [5, 5.41) is 2.95. The molecule has 28 heavy (non-hydrogen) atoms. The zero-order valence-corrected chi connectivity index (χ0v) is 15.8. The highest BCUT2D eigenvalue weighted by Crippen LogP contribution is 2.29.